The highest BCUT2D eigenvalue weighted by Crippen LogP contribution is 1.93. The summed E-state index contributed by atoms with van der Waals surface area (Å²) >= 11 is 0. The summed E-state index contributed by atoms with van der Waals surface area (Å²) in [5.74, 6) is -1.34. The van der Waals surface area contributed by atoms with E-state index >= 15 is 0 Å². The highest BCUT2D eigenvalue weighted by Gasteiger charge is 2.19. The summed E-state index contributed by atoms with van der Waals surface area (Å²) in [5.41, 5.74) is 0. The van der Waals surface area contributed by atoms with Gasteiger partial charge in [0.2, 0.25) is 0 Å². The van der Waals surface area contributed by atoms with Crippen molar-refractivity contribution in [3.05, 3.63) is 0 Å². The predicted molar refractivity (Wildman–Crippen MR) is 44.6 cm³/mol. The molecule has 0 saturated heterocycles. The summed E-state index contributed by atoms with van der Waals surface area (Å²) in [7, 11) is 1.21. The van der Waals surface area contributed by atoms with Gasteiger partial charge in [-0.1, -0.05) is 6.92 Å². The van der Waals surface area contributed by atoms with Crippen molar-refractivity contribution in [1.29, 1.82) is 0 Å². The van der Waals surface area contributed by atoms with Crippen LogP contribution in [0, 0.1) is 0 Å². The summed E-state index contributed by atoms with van der Waals surface area (Å²) in [4.78, 5) is 23.4. The molecule has 0 rings (SSSR count). The van der Waals surface area contributed by atoms with Crippen LogP contribution < -0.4 is 0 Å². The SMILES string of the molecule is CCCN(CC)C(=O)C(=O)OC. The second-order valence-corrected chi connectivity index (χ2v) is 2.38. The summed E-state index contributed by atoms with van der Waals surface area (Å²) in [6.07, 6.45) is 0.844. The molecule has 0 aliphatic rings. The molecule has 0 aromatic heterocycles. The standard InChI is InChI=1S/C8H15NO3/c1-4-6-9(5-2)7(10)8(11)12-3/h4-6H2,1-3H3. The Labute approximate surface area is 72.5 Å². The van der Waals surface area contributed by atoms with Crippen LogP contribution in [0.25, 0.3) is 0 Å². The molecule has 0 bridgehead atoms. The first-order valence-electron chi connectivity index (χ1n) is 4.04. The van der Waals surface area contributed by atoms with Crippen molar-refractivity contribution in [2.75, 3.05) is 20.2 Å². The van der Waals surface area contributed by atoms with E-state index in [0.29, 0.717) is 13.1 Å². The molecule has 0 aromatic rings. The van der Waals surface area contributed by atoms with Gasteiger partial charge in [-0.15, -0.1) is 0 Å². The number of esters is 1. The molecule has 0 aliphatic heterocycles. The van der Waals surface area contributed by atoms with Gasteiger partial charge in [0.25, 0.3) is 0 Å². The van der Waals surface area contributed by atoms with Gasteiger partial charge in [-0.2, -0.15) is 0 Å². The largest absolute Gasteiger partial charge is 0.462 e. The predicted octanol–water partition coefficient (Wildman–Crippen LogP) is 0.418. The first kappa shape index (κ1) is 10.9. The molecule has 0 radical (unpaired) electrons. The average molecular weight is 173 g/mol. The van der Waals surface area contributed by atoms with Crippen LogP contribution in [0.15, 0.2) is 0 Å². The maximum absolute atomic E-state index is 11.1. The molecule has 0 saturated carbocycles. The van der Waals surface area contributed by atoms with Gasteiger partial charge in [0.05, 0.1) is 7.11 Å². The fourth-order valence-corrected chi connectivity index (χ4v) is 0.890. The highest BCUT2D eigenvalue weighted by molar-refractivity contribution is 6.32. The molecule has 0 spiro atoms. The Bertz CT molecular complexity index is 168. The Morgan fingerprint density at radius 3 is 2.25 bits per heavy atom. The van der Waals surface area contributed by atoms with Crippen LogP contribution in [0.4, 0.5) is 0 Å². The zero-order valence-corrected chi connectivity index (χ0v) is 7.79. The van der Waals surface area contributed by atoms with E-state index < -0.39 is 11.9 Å². The number of hydrogen-bond acceptors (Lipinski definition) is 3. The highest BCUT2D eigenvalue weighted by atomic mass is 16.5. The van der Waals surface area contributed by atoms with Gasteiger partial charge in [-0.3, -0.25) is 4.79 Å². The third-order valence-electron chi connectivity index (χ3n) is 1.52. The number of nitrogens with zero attached hydrogens (tertiary/aromatic N) is 1. The van der Waals surface area contributed by atoms with Crippen LogP contribution in [0.3, 0.4) is 0 Å². The monoisotopic (exact) mass is 173 g/mol. The van der Waals surface area contributed by atoms with Crippen molar-refractivity contribution < 1.29 is 14.3 Å². The number of carbonyl (C=O) groups excluding carboxylic acids is 2. The van der Waals surface area contributed by atoms with Crippen LogP contribution in [0.2, 0.25) is 0 Å². The Kier molecular flexibility index (Phi) is 5.08. The van der Waals surface area contributed by atoms with Gasteiger partial charge in [0.1, 0.15) is 0 Å². The van der Waals surface area contributed by atoms with Crippen LogP contribution in [0.5, 0.6) is 0 Å². The quantitative estimate of drug-likeness (QED) is 0.459. The molecular weight excluding hydrogens is 158 g/mol. The third kappa shape index (κ3) is 2.90. The lowest BCUT2D eigenvalue weighted by Crippen LogP contribution is -2.37. The molecule has 0 N–H and O–H groups in total. The van der Waals surface area contributed by atoms with Crippen LogP contribution >= 0.6 is 0 Å². The molecule has 0 unspecified atom stereocenters. The Balaban J connectivity index is 4.11. The van der Waals surface area contributed by atoms with E-state index in [1.165, 1.54) is 12.0 Å². The molecule has 0 atom stereocenters. The maximum Gasteiger partial charge on any atom is 0.396 e. The molecule has 0 fully saturated rings. The molecule has 70 valence electrons. The zero-order chi connectivity index (χ0) is 9.56. The minimum absolute atomic E-state index is 0.543. The number of methoxy groups -OCH3 is 1. The number of hydrogen-bond donors (Lipinski definition) is 0. The molecule has 0 aromatic carbocycles. The summed E-state index contributed by atoms with van der Waals surface area (Å²) in [6.45, 7) is 4.93. The molecule has 0 aliphatic carbocycles. The molecule has 1 amide bonds. The number of rotatable bonds is 3. The van der Waals surface area contributed by atoms with E-state index in [1.54, 1.807) is 0 Å². The van der Waals surface area contributed by atoms with Gasteiger partial charge in [0.15, 0.2) is 0 Å². The minimum atomic E-state index is -0.787. The maximum atomic E-state index is 11.1. The minimum Gasteiger partial charge on any atom is -0.462 e. The van der Waals surface area contributed by atoms with E-state index in [-0.39, 0.29) is 0 Å². The smallest absolute Gasteiger partial charge is 0.396 e. The van der Waals surface area contributed by atoms with Gasteiger partial charge < -0.3 is 9.64 Å². The Morgan fingerprint density at radius 1 is 1.33 bits per heavy atom. The molecular formula is C8H15NO3. The van der Waals surface area contributed by atoms with E-state index in [2.05, 4.69) is 4.74 Å². The van der Waals surface area contributed by atoms with Crippen LogP contribution in [0.1, 0.15) is 20.3 Å². The lowest BCUT2D eigenvalue weighted by atomic mass is 10.4. The van der Waals surface area contributed by atoms with Crippen molar-refractivity contribution >= 4 is 11.9 Å². The first-order valence-corrected chi connectivity index (χ1v) is 4.04. The van der Waals surface area contributed by atoms with Crippen molar-refractivity contribution in [3.63, 3.8) is 0 Å². The first-order chi connectivity index (χ1) is 5.67. The fraction of sp³-hybridized carbons (Fsp3) is 0.750. The summed E-state index contributed by atoms with van der Waals surface area (Å²) in [6, 6.07) is 0. The number of carbonyl (C=O) groups is 2. The second-order valence-electron chi connectivity index (χ2n) is 2.38. The molecule has 0 heterocycles. The molecule has 4 heteroatoms. The average Bonchev–Trinajstić information content (AvgIpc) is 2.11. The van der Waals surface area contributed by atoms with Crippen molar-refractivity contribution in [2.45, 2.75) is 20.3 Å². The Morgan fingerprint density at radius 2 is 1.92 bits per heavy atom. The molecule has 12 heavy (non-hydrogen) atoms. The zero-order valence-electron chi connectivity index (χ0n) is 7.79. The fourth-order valence-electron chi connectivity index (χ4n) is 0.890. The summed E-state index contributed by atoms with van der Waals surface area (Å²) < 4.78 is 4.31. The van der Waals surface area contributed by atoms with E-state index in [4.69, 9.17) is 0 Å². The van der Waals surface area contributed by atoms with Crippen molar-refractivity contribution in [1.82, 2.24) is 4.90 Å². The van der Waals surface area contributed by atoms with Gasteiger partial charge in [-0.25, -0.2) is 4.79 Å². The lowest BCUT2D eigenvalue weighted by molar-refractivity contribution is -0.158. The third-order valence-corrected chi connectivity index (χ3v) is 1.52. The number of likely N-dealkylation sites (N-methyl/N-ethyl adjacent to an activating group) is 1. The topological polar surface area (TPSA) is 46.6 Å². The van der Waals surface area contributed by atoms with Gasteiger partial charge in [-0.05, 0) is 13.3 Å². The molecule has 4 nitrogen and oxygen atoms in total. The Hall–Kier alpha value is -1.06. The number of ether oxygens (including phenoxy) is 1. The number of amides is 1. The van der Waals surface area contributed by atoms with E-state index in [1.807, 2.05) is 13.8 Å². The summed E-state index contributed by atoms with van der Waals surface area (Å²) in [5, 5.41) is 0. The second kappa shape index (κ2) is 5.57. The van der Waals surface area contributed by atoms with Gasteiger partial charge >= 0.3 is 11.9 Å². The van der Waals surface area contributed by atoms with Crippen molar-refractivity contribution in [3.8, 4) is 0 Å². The van der Waals surface area contributed by atoms with E-state index in [9.17, 15) is 9.59 Å². The van der Waals surface area contributed by atoms with Crippen LogP contribution in [-0.2, 0) is 14.3 Å². The van der Waals surface area contributed by atoms with Gasteiger partial charge in [0, 0.05) is 13.1 Å². The normalized spacial score (nSPS) is 9.25. The van der Waals surface area contributed by atoms with Crippen molar-refractivity contribution in [2.24, 2.45) is 0 Å². The lowest BCUT2D eigenvalue weighted by Gasteiger charge is -2.17. The van der Waals surface area contributed by atoms with Crippen LogP contribution in [-0.4, -0.2) is 37.0 Å². The van der Waals surface area contributed by atoms with E-state index in [0.717, 1.165) is 6.42 Å².